The van der Waals surface area contributed by atoms with Gasteiger partial charge in [-0.15, -0.1) is 0 Å². The fourth-order valence-electron chi connectivity index (χ4n) is 2.37. The van der Waals surface area contributed by atoms with Crippen molar-refractivity contribution in [2.45, 2.75) is 13.8 Å². The van der Waals surface area contributed by atoms with Gasteiger partial charge in [-0.25, -0.2) is 0 Å². The van der Waals surface area contributed by atoms with Crippen LogP contribution in [0, 0.1) is 6.92 Å². The summed E-state index contributed by atoms with van der Waals surface area (Å²) < 4.78 is 5.50. The Bertz CT molecular complexity index is 771. The smallest absolute Gasteiger partial charge is 0.174 e. The first-order valence-corrected chi connectivity index (χ1v) is 6.80. The van der Waals surface area contributed by atoms with E-state index in [4.69, 9.17) is 4.52 Å². The van der Waals surface area contributed by atoms with E-state index in [2.05, 4.69) is 5.16 Å². The molecule has 0 saturated heterocycles. The quantitative estimate of drug-likeness (QED) is 0.661. The largest absolute Gasteiger partial charge is 0.355 e. The van der Waals surface area contributed by atoms with Crippen molar-refractivity contribution in [1.82, 2.24) is 5.16 Å². The lowest BCUT2D eigenvalue weighted by Gasteiger charge is -2.04. The molecule has 3 heteroatoms. The number of benzene rings is 2. The van der Waals surface area contributed by atoms with Gasteiger partial charge < -0.3 is 4.52 Å². The normalized spacial score (nSPS) is 10.6. The second-order valence-electron chi connectivity index (χ2n) is 4.97. The lowest BCUT2D eigenvalue weighted by molar-refractivity contribution is 0.101. The SMILES string of the molecule is CC(=O)c1ccc(-c2c(C)noc2-c2ccccc2)cc1. The van der Waals surface area contributed by atoms with E-state index < -0.39 is 0 Å². The third-order valence-electron chi connectivity index (χ3n) is 3.48. The first-order valence-electron chi connectivity index (χ1n) is 6.80. The molecule has 3 aromatic rings. The van der Waals surface area contributed by atoms with Gasteiger partial charge in [-0.2, -0.15) is 0 Å². The maximum atomic E-state index is 11.4. The average Bonchev–Trinajstić information content (AvgIpc) is 2.90. The van der Waals surface area contributed by atoms with E-state index in [1.165, 1.54) is 0 Å². The van der Waals surface area contributed by atoms with Crippen molar-refractivity contribution in [2.75, 3.05) is 0 Å². The summed E-state index contributed by atoms with van der Waals surface area (Å²) in [5.41, 5.74) is 4.50. The van der Waals surface area contributed by atoms with Crippen molar-refractivity contribution in [3.63, 3.8) is 0 Å². The molecule has 0 atom stereocenters. The minimum atomic E-state index is 0.0619. The molecule has 0 radical (unpaired) electrons. The molecule has 21 heavy (non-hydrogen) atoms. The molecule has 3 rings (SSSR count). The van der Waals surface area contributed by atoms with E-state index in [9.17, 15) is 4.79 Å². The third kappa shape index (κ3) is 2.50. The Kier molecular flexibility index (Phi) is 3.40. The van der Waals surface area contributed by atoms with Crippen LogP contribution in [0.2, 0.25) is 0 Å². The highest BCUT2D eigenvalue weighted by Crippen LogP contribution is 2.34. The minimum absolute atomic E-state index is 0.0619. The highest BCUT2D eigenvalue weighted by molar-refractivity contribution is 5.94. The van der Waals surface area contributed by atoms with Crippen LogP contribution in [-0.4, -0.2) is 10.9 Å². The molecular weight excluding hydrogens is 262 g/mol. The lowest BCUT2D eigenvalue weighted by atomic mass is 9.98. The number of hydrogen-bond acceptors (Lipinski definition) is 3. The van der Waals surface area contributed by atoms with Gasteiger partial charge in [0.05, 0.1) is 11.3 Å². The van der Waals surface area contributed by atoms with Crippen LogP contribution >= 0.6 is 0 Å². The molecule has 1 heterocycles. The standard InChI is InChI=1S/C18H15NO2/c1-12-17(15-10-8-14(9-11-15)13(2)20)18(21-19-12)16-6-4-3-5-7-16/h3-11H,1-2H3. The first kappa shape index (κ1) is 13.3. The number of hydrogen-bond donors (Lipinski definition) is 0. The van der Waals surface area contributed by atoms with Crippen LogP contribution in [-0.2, 0) is 0 Å². The topological polar surface area (TPSA) is 43.1 Å². The molecule has 0 aliphatic carbocycles. The van der Waals surface area contributed by atoms with Gasteiger partial charge in [-0.05, 0) is 19.4 Å². The van der Waals surface area contributed by atoms with Gasteiger partial charge in [0.25, 0.3) is 0 Å². The van der Waals surface area contributed by atoms with Gasteiger partial charge in [0.1, 0.15) is 0 Å². The van der Waals surface area contributed by atoms with Gasteiger partial charge >= 0.3 is 0 Å². The summed E-state index contributed by atoms with van der Waals surface area (Å²) in [5.74, 6) is 0.815. The number of Topliss-reactive ketones (excluding diaryl/α,β-unsaturated/α-hetero) is 1. The fourth-order valence-corrected chi connectivity index (χ4v) is 2.37. The Morgan fingerprint density at radius 1 is 0.952 bits per heavy atom. The van der Waals surface area contributed by atoms with E-state index in [0.717, 1.165) is 28.1 Å². The monoisotopic (exact) mass is 277 g/mol. The number of carbonyl (C=O) groups excluding carboxylic acids is 1. The van der Waals surface area contributed by atoms with Gasteiger partial charge in [-0.1, -0.05) is 59.8 Å². The van der Waals surface area contributed by atoms with Crippen LogP contribution in [0.15, 0.2) is 59.1 Å². The van der Waals surface area contributed by atoms with Crippen molar-refractivity contribution >= 4 is 5.78 Å². The van der Waals surface area contributed by atoms with Gasteiger partial charge in [-0.3, -0.25) is 4.79 Å². The zero-order valence-corrected chi connectivity index (χ0v) is 12.0. The first-order chi connectivity index (χ1) is 10.2. The maximum absolute atomic E-state index is 11.4. The fraction of sp³-hybridized carbons (Fsp3) is 0.111. The number of aromatic nitrogens is 1. The number of nitrogens with zero attached hydrogens (tertiary/aromatic N) is 1. The van der Waals surface area contributed by atoms with Crippen LogP contribution in [0.5, 0.6) is 0 Å². The molecule has 0 aliphatic rings. The Morgan fingerprint density at radius 3 is 2.24 bits per heavy atom. The molecule has 2 aromatic carbocycles. The van der Waals surface area contributed by atoms with E-state index >= 15 is 0 Å². The summed E-state index contributed by atoms with van der Waals surface area (Å²) >= 11 is 0. The van der Waals surface area contributed by atoms with Gasteiger partial charge in [0.2, 0.25) is 0 Å². The summed E-state index contributed by atoms with van der Waals surface area (Å²) in [5, 5.41) is 4.08. The molecule has 104 valence electrons. The van der Waals surface area contributed by atoms with E-state index in [0.29, 0.717) is 5.56 Å². The summed E-state index contributed by atoms with van der Waals surface area (Å²) in [6.07, 6.45) is 0. The zero-order chi connectivity index (χ0) is 14.8. The number of carbonyl (C=O) groups is 1. The molecule has 0 unspecified atom stereocenters. The predicted molar refractivity (Wildman–Crippen MR) is 82.1 cm³/mol. The number of ketones is 1. The van der Waals surface area contributed by atoms with Crippen LogP contribution < -0.4 is 0 Å². The number of rotatable bonds is 3. The Balaban J connectivity index is 2.10. The van der Waals surface area contributed by atoms with Crippen LogP contribution in [0.25, 0.3) is 22.5 Å². The van der Waals surface area contributed by atoms with Crippen LogP contribution in [0.1, 0.15) is 23.0 Å². The Hall–Kier alpha value is -2.68. The van der Waals surface area contributed by atoms with Crippen molar-refractivity contribution < 1.29 is 9.32 Å². The van der Waals surface area contributed by atoms with Crippen LogP contribution in [0.3, 0.4) is 0 Å². The summed E-state index contributed by atoms with van der Waals surface area (Å²) in [6, 6.07) is 17.4. The highest BCUT2D eigenvalue weighted by atomic mass is 16.5. The lowest BCUT2D eigenvalue weighted by Crippen LogP contribution is -1.91. The minimum Gasteiger partial charge on any atom is -0.355 e. The van der Waals surface area contributed by atoms with E-state index in [1.54, 1.807) is 6.92 Å². The van der Waals surface area contributed by atoms with Crippen molar-refractivity contribution in [1.29, 1.82) is 0 Å². The predicted octanol–water partition coefficient (Wildman–Crippen LogP) is 4.52. The summed E-state index contributed by atoms with van der Waals surface area (Å²) in [4.78, 5) is 11.4. The molecule has 0 bridgehead atoms. The maximum Gasteiger partial charge on any atom is 0.174 e. The van der Waals surface area contributed by atoms with Crippen LogP contribution in [0.4, 0.5) is 0 Å². The van der Waals surface area contributed by atoms with E-state index in [1.807, 2.05) is 61.5 Å². The second-order valence-corrected chi connectivity index (χ2v) is 4.97. The van der Waals surface area contributed by atoms with Gasteiger partial charge in [0.15, 0.2) is 11.5 Å². The van der Waals surface area contributed by atoms with Crippen molar-refractivity contribution in [2.24, 2.45) is 0 Å². The third-order valence-corrected chi connectivity index (χ3v) is 3.48. The molecule has 0 aliphatic heterocycles. The average molecular weight is 277 g/mol. The molecule has 0 fully saturated rings. The Labute approximate surface area is 123 Å². The summed E-state index contributed by atoms with van der Waals surface area (Å²) in [6.45, 7) is 3.49. The summed E-state index contributed by atoms with van der Waals surface area (Å²) in [7, 11) is 0. The zero-order valence-electron chi connectivity index (χ0n) is 12.0. The molecule has 1 aromatic heterocycles. The second kappa shape index (κ2) is 5.37. The molecule has 3 nitrogen and oxygen atoms in total. The molecule has 0 spiro atoms. The molecular formula is C18H15NO2. The molecule has 0 amide bonds. The highest BCUT2D eigenvalue weighted by Gasteiger charge is 2.16. The van der Waals surface area contributed by atoms with Gasteiger partial charge in [0, 0.05) is 11.1 Å². The van der Waals surface area contributed by atoms with Crippen molar-refractivity contribution in [3.8, 4) is 22.5 Å². The van der Waals surface area contributed by atoms with Crippen molar-refractivity contribution in [3.05, 3.63) is 65.9 Å². The number of aryl methyl sites for hydroxylation is 1. The van der Waals surface area contributed by atoms with E-state index in [-0.39, 0.29) is 5.78 Å². The Morgan fingerprint density at radius 2 is 1.62 bits per heavy atom. The molecule has 0 saturated carbocycles. The molecule has 0 N–H and O–H groups in total.